The lowest BCUT2D eigenvalue weighted by atomic mass is 10.1. The minimum atomic E-state index is -0.281. The highest BCUT2D eigenvalue weighted by Crippen LogP contribution is 2.35. The molecular weight excluding hydrogens is 392 g/mol. The summed E-state index contributed by atoms with van der Waals surface area (Å²) in [7, 11) is 1.53. The van der Waals surface area contributed by atoms with Gasteiger partial charge < -0.3 is 19.7 Å². The van der Waals surface area contributed by atoms with E-state index in [1.807, 2.05) is 24.3 Å². The van der Waals surface area contributed by atoms with Crippen LogP contribution in [0.1, 0.15) is 22.3 Å². The first-order chi connectivity index (χ1) is 15.2. The van der Waals surface area contributed by atoms with Crippen molar-refractivity contribution < 1.29 is 19.1 Å². The molecule has 0 aromatic heterocycles. The van der Waals surface area contributed by atoms with Gasteiger partial charge in [0.15, 0.2) is 6.61 Å². The van der Waals surface area contributed by atoms with Gasteiger partial charge in [-0.25, -0.2) is 0 Å². The predicted octanol–water partition coefficient (Wildman–Crippen LogP) is 4.31. The van der Waals surface area contributed by atoms with Gasteiger partial charge in [0.05, 0.1) is 18.4 Å². The summed E-state index contributed by atoms with van der Waals surface area (Å²) in [6, 6.07) is 22.6. The number of fused-ring (bicyclic) bond motifs is 1. The van der Waals surface area contributed by atoms with E-state index in [9.17, 15) is 9.59 Å². The normalized spacial score (nSPS) is 12.7. The average Bonchev–Trinajstić information content (AvgIpc) is 2.81. The average molecular weight is 416 g/mol. The second-order valence-corrected chi connectivity index (χ2v) is 7.26. The number of benzene rings is 3. The lowest BCUT2D eigenvalue weighted by molar-refractivity contribution is -0.121. The van der Waals surface area contributed by atoms with Crippen LogP contribution in [0.5, 0.6) is 11.5 Å². The smallest absolute Gasteiger partial charge is 0.265 e. The Morgan fingerprint density at radius 2 is 1.84 bits per heavy atom. The maximum absolute atomic E-state index is 12.7. The highest BCUT2D eigenvalue weighted by Gasteiger charge is 2.26. The minimum Gasteiger partial charge on any atom is -0.496 e. The number of rotatable bonds is 7. The van der Waals surface area contributed by atoms with Gasteiger partial charge in [-0.1, -0.05) is 42.5 Å². The molecule has 158 valence electrons. The quantitative estimate of drug-likeness (QED) is 0.623. The molecule has 4 rings (SSSR count). The highest BCUT2D eigenvalue weighted by atomic mass is 16.5. The van der Waals surface area contributed by atoms with Crippen LogP contribution in [0.15, 0.2) is 72.8 Å². The third kappa shape index (κ3) is 4.69. The van der Waals surface area contributed by atoms with Gasteiger partial charge in [0, 0.05) is 12.2 Å². The van der Waals surface area contributed by atoms with Crippen molar-refractivity contribution in [1.29, 1.82) is 0 Å². The lowest BCUT2D eigenvalue weighted by Crippen LogP contribution is -2.39. The van der Waals surface area contributed by atoms with Crippen LogP contribution in [0, 0.1) is 0 Å². The number of aryl methyl sites for hydroxylation is 1. The summed E-state index contributed by atoms with van der Waals surface area (Å²) in [6.45, 7) is 0.596. The van der Waals surface area contributed by atoms with E-state index in [0.717, 1.165) is 12.8 Å². The van der Waals surface area contributed by atoms with Crippen LogP contribution < -0.4 is 19.7 Å². The molecule has 0 saturated carbocycles. The molecule has 0 fully saturated rings. The maximum atomic E-state index is 12.7. The first-order valence-corrected chi connectivity index (χ1v) is 10.2. The van der Waals surface area contributed by atoms with Crippen molar-refractivity contribution in [3.05, 3.63) is 83.9 Å². The second-order valence-electron chi connectivity index (χ2n) is 7.26. The lowest BCUT2D eigenvalue weighted by Gasteiger charge is -2.30. The van der Waals surface area contributed by atoms with Crippen molar-refractivity contribution in [3.8, 4) is 11.5 Å². The SMILES string of the molecule is COc1ccccc1C(=O)Nc1ccc2c(c1)N(CCCc1ccccc1)C(=O)CO2. The maximum Gasteiger partial charge on any atom is 0.265 e. The van der Waals surface area contributed by atoms with E-state index in [1.165, 1.54) is 12.7 Å². The molecule has 0 unspecified atom stereocenters. The van der Waals surface area contributed by atoms with Gasteiger partial charge in [-0.05, 0) is 48.7 Å². The van der Waals surface area contributed by atoms with E-state index >= 15 is 0 Å². The number of carbonyl (C=O) groups is 2. The molecular formula is C25H24N2O4. The molecule has 1 aliphatic heterocycles. The molecule has 0 radical (unpaired) electrons. The van der Waals surface area contributed by atoms with E-state index in [-0.39, 0.29) is 18.4 Å². The summed E-state index contributed by atoms with van der Waals surface area (Å²) in [5, 5.41) is 2.89. The van der Waals surface area contributed by atoms with Crippen LogP contribution in [0.2, 0.25) is 0 Å². The summed E-state index contributed by atoms with van der Waals surface area (Å²) in [5.74, 6) is 0.762. The molecule has 0 bridgehead atoms. The van der Waals surface area contributed by atoms with Crippen molar-refractivity contribution in [2.24, 2.45) is 0 Å². The molecule has 0 aliphatic carbocycles. The minimum absolute atomic E-state index is 0.0191. The Hall–Kier alpha value is -3.80. The third-order valence-corrected chi connectivity index (χ3v) is 5.20. The topological polar surface area (TPSA) is 67.9 Å². The zero-order valence-electron chi connectivity index (χ0n) is 17.3. The Bertz CT molecular complexity index is 1080. The largest absolute Gasteiger partial charge is 0.496 e. The van der Waals surface area contributed by atoms with Gasteiger partial charge in [-0.15, -0.1) is 0 Å². The number of hydrogen-bond acceptors (Lipinski definition) is 4. The zero-order chi connectivity index (χ0) is 21.6. The van der Waals surface area contributed by atoms with Gasteiger partial charge in [-0.3, -0.25) is 9.59 Å². The van der Waals surface area contributed by atoms with Gasteiger partial charge >= 0.3 is 0 Å². The number of nitrogens with one attached hydrogen (secondary N) is 1. The van der Waals surface area contributed by atoms with Crippen LogP contribution in [0.3, 0.4) is 0 Å². The molecule has 3 aromatic carbocycles. The van der Waals surface area contributed by atoms with Crippen LogP contribution in [0.4, 0.5) is 11.4 Å². The molecule has 6 nitrogen and oxygen atoms in total. The Labute approximate surface area is 181 Å². The van der Waals surface area contributed by atoms with Crippen molar-refractivity contribution >= 4 is 23.2 Å². The van der Waals surface area contributed by atoms with E-state index < -0.39 is 0 Å². The fourth-order valence-electron chi connectivity index (χ4n) is 3.64. The monoisotopic (exact) mass is 416 g/mol. The predicted molar refractivity (Wildman–Crippen MR) is 120 cm³/mol. The standard InChI is InChI=1S/C25H24N2O4/c1-30-22-12-6-5-11-20(22)25(29)26-19-13-14-23-21(16-19)27(24(28)17-31-23)15-7-10-18-8-3-2-4-9-18/h2-6,8-9,11-14,16H,7,10,15,17H2,1H3,(H,26,29). The van der Waals surface area contributed by atoms with Crippen molar-refractivity contribution in [3.63, 3.8) is 0 Å². The van der Waals surface area contributed by atoms with Crippen LogP contribution in [-0.2, 0) is 11.2 Å². The number of amides is 2. The molecule has 0 atom stereocenters. The van der Waals surface area contributed by atoms with E-state index in [4.69, 9.17) is 9.47 Å². The Balaban J connectivity index is 1.50. The summed E-state index contributed by atoms with van der Waals surface area (Å²) in [5.41, 5.74) is 2.93. The highest BCUT2D eigenvalue weighted by molar-refractivity contribution is 6.07. The summed E-state index contributed by atoms with van der Waals surface area (Å²) in [4.78, 5) is 27.0. The molecule has 3 aromatic rings. The Morgan fingerprint density at radius 1 is 1.06 bits per heavy atom. The first kappa shape index (κ1) is 20.5. The molecule has 6 heteroatoms. The fourth-order valence-corrected chi connectivity index (χ4v) is 3.64. The number of anilines is 2. The van der Waals surface area contributed by atoms with E-state index in [2.05, 4.69) is 17.4 Å². The van der Waals surface area contributed by atoms with E-state index in [0.29, 0.717) is 35.0 Å². The molecule has 0 saturated heterocycles. The fraction of sp³-hybridized carbons (Fsp3) is 0.200. The number of methoxy groups -OCH3 is 1. The number of nitrogens with zero attached hydrogens (tertiary/aromatic N) is 1. The Morgan fingerprint density at radius 3 is 2.65 bits per heavy atom. The van der Waals surface area contributed by atoms with Crippen molar-refractivity contribution in [1.82, 2.24) is 0 Å². The van der Waals surface area contributed by atoms with Crippen LogP contribution >= 0.6 is 0 Å². The van der Waals surface area contributed by atoms with Gasteiger partial charge in [0.1, 0.15) is 11.5 Å². The summed E-state index contributed by atoms with van der Waals surface area (Å²) in [6.07, 6.45) is 1.71. The van der Waals surface area contributed by atoms with Crippen molar-refractivity contribution in [2.75, 3.05) is 30.5 Å². The van der Waals surface area contributed by atoms with Crippen LogP contribution in [-0.4, -0.2) is 32.1 Å². The number of ether oxygens (including phenoxy) is 2. The molecule has 1 aliphatic rings. The molecule has 1 heterocycles. The second kappa shape index (κ2) is 9.34. The third-order valence-electron chi connectivity index (χ3n) is 5.20. The zero-order valence-corrected chi connectivity index (χ0v) is 17.3. The van der Waals surface area contributed by atoms with E-state index in [1.54, 1.807) is 41.3 Å². The molecule has 0 spiro atoms. The number of hydrogen-bond donors (Lipinski definition) is 1. The van der Waals surface area contributed by atoms with Gasteiger partial charge in [-0.2, -0.15) is 0 Å². The number of para-hydroxylation sites is 1. The number of carbonyl (C=O) groups excluding carboxylic acids is 2. The molecule has 1 N–H and O–H groups in total. The summed E-state index contributed by atoms with van der Waals surface area (Å²) < 4.78 is 10.9. The summed E-state index contributed by atoms with van der Waals surface area (Å²) >= 11 is 0. The van der Waals surface area contributed by atoms with Crippen LogP contribution in [0.25, 0.3) is 0 Å². The van der Waals surface area contributed by atoms with Crippen molar-refractivity contribution in [2.45, 2.75) is 12.8 Å². The molecule has 2 amide bonds. The molecule has 31 heavy (non-hydrogen) atoms. The van der Waals surface area contributed by atoms with Gasteiger partial charge in [0.25, 0.3) is 11.8 Å². The van der Waals surface area contributed by atoms with Gasteiger partial charge in [0.2, 0.25) is 0 Å². The first-order valence-electron chi connectivity index (χ1n) is 10.2. The Kier molecular flexibility index (Phi) is 6.17.